The van der Waals surface area contributed by atoms with E-state index >= 15 is 0 Å². The first-order chi connectivity index (χ1) is 16.6. The largest absolute Gasteiger partial charge is 0.416 e. The quantitative estimate of drug-likeness (QED) is 0.393. The van der Waals surface area contributed by atoms with Crippen LogP contribution in [0, 0.1) is 33.3 Å². The summed E-state index contributed by atoms with van der Waals surface area (Å²) in [6.45, 7) is 3.64. The maximum Gasteiger partial charge on any atom is 0.416 e. The first-order valence-electron chi connectivity index (χ1n) is 10.8. The van der Waals surface area contributed by atoms with E-state index in [0.717, 1.165) is 36.5 Å². The van der Waals surface area contributed by atoms with Crippen LogP contribution in [0.15, 0.2) is 41.2 Å². The standard InChI is InChI=1S/C23H18F3N5O3S/c24-23(25,26)17-5-18-20(19(6-17)31(33)34)35-22(28-21(18)32)30-11-15-9-29(10-16(15)12-30)8-14-3-1-13(7-27)2-4-14/h1-6,15-16H,8-12H2. The van der Waals surface area contributed by atoms with Gasteiger partial charge in [-0.25, -0.2) is 0 Å². The lowest BCUT2D eigenvalue weighted by atomic mass is 10.0. The van der Waals surface area contributed by atoms with Crippen LogP contribution in [0.5, 0.6) is 0 Å². The zero-order chi connectivity index (χ0) is 24.9. The summed E-state index contributed by atoms with van der Waals surface area (Å²) in [7, 11) is 0. The monoisotopic (exact) mass is 501 g/mol. The lowest BCUT2D eigenvalue weighted by Gasteiger charge is -2.22. The molecule has 2 aliphatic heterocycles. The number of alkyl halides is 3. The molecule has 0 radical (unpaired) electrons. The Morgan fingerprint density at radius 2 is 1.80 bits per heavy atom. The summed E-state index contributed by atoms with van der Waals surface area (Å²) in [5.74, 6) is 0.631. The molecule has 2 saturated heterocycles. The highest BCUT2D eigenvalue weighted by molar-refractivity contribution is 7.22. The topological polar surface area (TPSA) is 103 Å². The molecule has 5 rings (SSSR count). The molecule has 2 fully saturated rings. The fraction of sp³-hybridized carbons (Fsp3) is 0.348. The highest BCUT2D eigenvalue weighted by Gasteiger charge is 2.41. The Morgan fingerprint density at radius 1 is 1.14 bits per heavy atom. The number of hydrogen-bond donors (Lipinski definition) is 0. The highest BCUT2D eigenvalue weighted by Crippen LogP contribution is 2.40. The van der Waals surface area contributed by atoms with Crippen molar-refractivity contribution < 1.29 is 18.1 Å². The number of nitrogens with zero attached hydrogens (tertiary/aromatic N) is 5. The van der Waals surface area contributed by atoms with Gasteiger partial charge in [0.25, 0.3) is 11.2 Å². The van der Waals surface area contributed by atoms with Gasteiger partial charge >= 0.3 is 6.18 Å². The third-order valence-corrected chi connectivity index (χ3v) is 7.70. The number of nitriles is 1. The number of aromatic nitrogens is 1. The van der Waals surface area contributed by atoms with Crippen molar-refractivity contribution in [1.29, 1.82) is 5.26 Å². The molecule has 180 valence electrons. The molecule has 0 aliphatic carbocycles. The summed E-state index contributed by atoms with van der Waals surface area (Å²) in [6.07, 6.45) is -4.81. The molecule has 3 aromatic rings. The predicted molar refractivity (Wildman–Crippen MR) is 123 cm³/mol. The predicted octanol–water partition coefficient (Wildman–Crippen LogP) is 4.02. The average Bonchev–Trinajstić information content (AvgIpc) is 3.37. The minimum absolute atomic E-state index is 0.0995. The van der Waals surface area contributed by atoms with E-state index in [1.165, 1.54) is 0 Å². The molecule has 0 N–H and O–H groups in total. The summed E-state index contributed by atoms with van der Waals surface area (Å²) in [4.78, 5) is 31.5. The number of likely N-dealkylation sites (tertiary alicyclic amines) is 1. The Bertz CT molecular complexity index is 1400. The van der Waals surface area contributed by atoms with E-state index in [-0.39, 0.29) is 4.70 Å². The summed E-state index contributed by atoms with van der Waals surface area (Å²) >= 11 is 0.884. The van der Waals surface area contributed by atoms with Crippen molar-refractivity contribution in [1.82, 2.24) is 9.88 Å². The Morgan fingerprint density at radius 3 is 2.37 bits per heavy atom. The SMILES string of the molecule is N#Cc1ccc(CN2CC3CN(c4nc(=O)c5cc(C(F)(F)F)cc([N+](=O)[O-])c5s4)CC3C2)cc1. The number of benzene rings is 2. The third-order valence-electron chi connectivity index (χ3n) is 6.54. The molecule has 35 heavy (non-hydrogen) atoms. The van der Waals surface area contributed by atoms with Gasteiger partial charge in [0.2, 0.25) is 0 Å². The molecule has 8 nitrogen and oxygen atoms in total. The summed E-state index contributed by atoms with van der Waals surface area (Å²) in [6, 6.07) is 10.7. The van der Waals surface area contributed by atoms with Crippen molar-refractivity contribution in [3.63, 3.8) is 0 Å². The van der Waals surface area contributed by atoms with Crippen LogP contribution < -0.4 is 10.5 Å². The van der Waals surface area contributed by atoms with Crippen LogP contribution in [-0.4, -0.2) is 41.0 Å². The molecule has 2 aliphatic rings. The van der Waals surface area contributed by atoms with Crippen molar-refractivity contribution in [2.24, 2.45) is 11.8 Å². The average molecular weight is 501 g/mol. The number of halogens is 3. The van der Waals surface area contributed by atoms with Crippen molar-refractivity contribution in [3.05, 3.63) is 73.6 Å². The van der Waals surface area contributed by atoms with Crippen LogP contribution in [0.4, 0.5) is 24.0 Å². The van der Waals surface area contributed by atoms with E-state index < -0.39 is 33.3 Å². The maximum atomic E-state index is 13.2. The van der Waals surface area contributed by atoms with E-state index in [4.69, 9.17) is 5.26 Å². The van der Waals surface area contributed by atoms with Crippen LogP contribution in [0.3, 0.4) is 0 Å². The first kappa shape index (κ1) is 23.2. The van der Waals surface area contributed by atoms with E-state index in [1.807, 2.05) is 17.0 Å². The zero-order valence-corrected chi connectivity index (χ0v) is 19.0. The summed E-state index contributed by atoms with van der Waals surface area (Å²) in [5, 5.41) is 20.3. The van der Waals surface area contributed by atoms with E-state index in [1.54, 1.807) is 12.1 Å². The van der Waals surface area contributed by atoms with Crippen molar-refractivity contribution in [2.75, 3.05) is 31.1 Å². The molecule has 2 aromatic carbocycles. The van der Waals surface area contributed by atoms with Gasteiger partial charge in [-0.3, -0.25) is 19.8 Å². The number of fused-ring (bicyclic) bond motifs is 2. The van der Waals surface area contributed by atoms with Crippen molar-refractivity contribution >= 4 is 32.2 Å². The Balaban J connectivity index is 1.36. The Hall–Kier alpha value is -3.56. The zero-order valence-electron chi connectivity index (χ0n) is 18.2. The van der Waals surface area contributed by atoms with Gasteiger partial charge in [0.05, 0.1) is 27.5 Å². The molecule has 2 atom stereocenters. The molecular formula is C23H18F3N5O3S. The number of hydrogen-bond acceptors (Lipinski definition) is 8. The number of nitro benzene ring substituents is 1. The molecule has 3 heterocycles. The lowest BCUT2D eigenvalue weighted by Crippen LogP contribution is -2.29. The molecule has 0 saturated carbocycles. The molecule has 0 bridgehead atoms. The minimum Gasteiger partial charge on any atom is -0.347 e. The molecule has 0 amide bonds. The van der Waals surface area contributed by atoms with Gasteiger partial charge in [-0.2, -0.15) is 23.4 Å². The van der Waals surface area contributed by atoms with Crippen LogP contribution in [0.1, 0.15) is 16.7 Å². The smallest absolute Gasteiger partial charge is 0.347 e. The van der Waals surface area contributed by atoms with Gasteiger partial charge in [0.1, 0.15) is 4.70 Å². The fourth-order valence-electron chi connectivity index (χ4n) is 4.89. The minimum atomic E-state index is -4.81. The van der Waals surface area contributed by atoms with Gasteiger partial charge in [0, 0.05) is 38.8 Å². The second-order valence-corrected chi connectivity index (χ2v) is 9.83. The first-order valence-corrected chi connectivity index (χ1v) is 11.6. The van der Waals surface area contributed by atoms with Crippen molar-refractivity contribution in [2.45, 2.75) is 12.7 Å². The van der Waals surface area contributed by atoms with Gasteiger partial charge in [-0.1, -0.05) is 23.5 Å². The summed E-state index contributed by atoms with van der Waals surface area (Å²) in [5.41, 5.74) is -1.16. The summed E-state index contributed by atoms with van der Waals surface area (Å²) < 4.78 is 39.5. The van der Waals surface area contributed by atoms with E-state index in [9.17, 15) is 28.1 Å². The fourth-order valence-corrected chi connectivity index (χ4v) is 5.98. The number of anilines is 1. The maximum absolute atomic E-state index is 13.2. The molecule has 2 unspecified atom stereocenters. The third kappa shape index (κ3) is 4.44. The second-order valence-electron chi connectivity index (χ2n) is 8.86. The number of non-ortho nitro benzene ring substituents is 1. The normalized spacial score (nSPS) is 20.2. The van der Waals surface area contributed by atoms with Gasteiger partial charge < -0.3 is 4.90 Å². The van der Waals surface area contributed by atoms with Gasteiger partial charge in [-0.05, 0) is 35.6 Å². The Labute approximate surface area is 201 Å². The highest BCUT2D eigenvalue weighted by atomic mass is 32.1. The lowest BCUT2D eigenvalue weighted by molar-refractivity contribution is -0.383. The van der Waals surface area contributed by atoms with Crippen molar-refractivity contribution in [3.8, 4) is 6.07 Å². The molecule has 12 heteroatoms. The van der Waals surface area contributed by atoms with E-state index in [0.29, 0.717) is 47.8 Å². The van der Waals surface area contributed by atoms with Crippen LogP contribution >= 0.6 is 11.3 Å². The molecule has 0 spiro atoms. The number of nitro groups is 1. The van der Waals surface area contributed by atoms with Gasteiger partial charge in [-0.15, -0.1) is 0 Å². The van der Waals surface area contributed by atoms with Gasteiger partial charge in [0.15, 0.2) is 5.13 Å². The van der Waals surface area contributed by atoms with Crippen LogP contribution in [0.25, 0.3) is 10.1 Å². The molecular weight excluding hydrogens is 483 g/mol. The van der Waals surface area contributed by atoms with Crippen LogP contribution in [-0.2, 0) is 12.7 Å². The van der Waals surface area contributed by atoms with E-state index in [2.05, 4.69) is 16.0 Å². The Kier molecular flexibility index (Phi) is 5.69. The molecule has 1 aromatic heterocycles. The van der Waals surface area contributed by atoms with Crippen LogP contribution in [0.2, 0.25) is 0 Å². The number of rotatable bonds is 4. The second kappa shape index (κ2) is 8.58.